The molecule has 0 aliphatic heterocycles. The van der Waals surface area contributed by atoms with Gasteiger partial charge in [0.2, 0.25) is 10.0 Å². The van der Waals surface area contributed by atoms with Crippen molar-refractivity contribution in [3.05, 3.63) is 28.2 Å². The van der Waals surface area contributed by atoms with Gasteiger partial charge in [-0.25, -0.2) is 13.1 Å². The molecule has 1 aromatic rings. The summed E-state index contributed by atoms with van der Waals surface area (Å²) in [5.41, 5.74) is 6.45. The van der Waals surface area contributed by atoms with Gasteiger partial charge in [0, 0.05) is 17.1 Å². The normalized spacial score (nSPS) is 12.9. The lowest BCUT2D eigenvalue weighted by Crippen LogP contribution is -2.29. The van der Waals surface area contributed by atoms with Crippen LogP contribution in [0, 0.1) is 6.92 Å². The van der Waals surface area contributed by atoms with E-state index in [1.54, 1.807) is 18.2 Å². The Morgan fingerprint density at radius 3 is 2.56 bits per heavy atom. The first-order chi connectivity index (χ1) is 7.83. The fraction of sp³-hybridized carbons (Fsp3) is 0.455. The number of hydrogen-bond donors (Lipinski definition) is 2. The van der Waals surface area contributed by atoms with Crippen LogP contribution in [0.3, 0.4) is 0 Å². The molecule has 18 heavy (non-hydrogen) atoms. The van der Waals surface area contributed by atoms with Crippen LogP contribution in [0.5, 0.6) is 0 Å². The van der Waals surface area contributed by atoms with E-state index in [0.29, 0.717) is 13.0 Å². The Morgan fingerprint density at radius 2 is 2.06 bits per heavy atom. The van der Waals surface area contributed by atoms with Crippen molar-refractivity contribution in [2.45, 2.75) is 31.2 Å². The van der Waals surface area contributed by atoms with Crippen LogP contribution in [0.25, 0.3) is 0 Å². The van der Waals surface area contributed by atoms with Crippen LogP contribution in [0.4, 0.5) is 0 Å². The molecule has 0 amide bonds. The summed E-state index contributed by atoms with van der Waals surface area (Å²) in [7, 11) is -3.42. The first kappa shape index (κ1) is 17.9. The molecule has 3 N–H and O–H groups in total. The number of hydrogen-bond acceptors (Lipinski definition) is 3. The fourth-order valence-electron chi connectivity index (χ4n) is 1.29. The highest BCUT2D eigenvalue weighted by atomic mass is 79.9. The van der Waals surface area contributed by atoms with Gasteiger partial charge in [0.1, 0.15) is 0 Å². The van der Waals surface area contributed by atoms with E-state index >= 15 is 0 Å². The molecule has 4 nitrogen and oxygen atoms in total. The SMILES string of the molecule is Cc1cc(S(=O)(=O)NCCC(C)N)ccc1Br.Cl. The molecule has 0 saturated carbocycles. The van der Waals surface area contributed by atoms with Crippen LogP contribution < -0.4 is 10.5 Å². The molecular formula is C11H18BrClN2O2S. The number of aryl methyl sites for hydroxylation is 1. The lowest BCUT2D eigenvalue weighted by atomic mass is 10.2. The van der Waals surface area contributed by atoms with Gasteiger partial charge in [0.05, 0.1) is 4.90 Å². The van der Waals surface area contributed by atoms with Gasteiger partial charge in [-0.15, -0.1) is 12.4 Å². The molecular weight excluding hydrogens is 340 g/mol. The molecule has 0 spiro atoms. The summed E-state index contributed by atoms with van der Waals surface area (Å²) in [6, 6.07) is 4.93. The maximum atomic E-state index is 11.9. The zero-order valence-corrected chi connectivity index (χ0v) is 13.5. The van der Waals surface area contributed by atoms with Crippen LogP contribution in [0.1, 0.15) is 18.9 Å². The Kier molecular flexibility index (Phi) is 7.39. The number of nitrogens with one attached hydrogen (secondary N) is 1. The molecule has 0 aliphatic rings. The molecule has 0 heterocycles. The highest BCUT2D eigenvalue weighted by molar-refractivity contribution is 9.10. The molecule has 1 unspecified atom stereocenters. The first-order valence-electron chi connectivity index (χ1n) is 5.34. The summed E-state index contributed by atoms with van der Waals surface area (Å²) in [4.78, 5) is 0.280. The summed E-state index contributed by atoms with van der Waals surface area (Å²) in [5, 5.41) is 0. The Hall–Kier alpha value is -0.140. The zero-order chi connectivity index (χ0) is 13.1. The third-order valence-electron chi connectivity index (χ3n) is 2.33. The van der Waals surface area contributed by atoms with E-state index in [1.807, 2.05) is 13.8 Å². The van der Waals surface area contributed by atoms with E-state index < -0.39 is 10.0 Å². The number of sulfonamides is 1. The van der Waals surface area contributed by atoms with E-state index in [0.717, 1.165) is 10.0 Å². The molecule has 0 bridgehead atoms. The van der Waals surface area contributed by atoms with Gasteiger partial charge in [-0.05, 0) is 44.0 Å². The van der Waals surface area contributed by atoms with Crippen molar-refractivity contribution in [1.82, 2.24) is 4.72 Å². The Labute approximate surface area is 123 Å². The summed E-state index contributed by atoms with van der Waals surface area (Å²) >= 11 is 3.34. The maximum absolute atomic E-state index is 11.9. The quantitative estimate of drug-likeness (QED) is 0.848. The van der Waals surface area contributed by atoms with Crippen LogP contribution in [0.15, 0.2) is 27.6 Å². The van der Waals surface area contributed by atoms with E-state index in [9.17, 15) is 8.42 Å². The predicted molar refractivity (Wildman–Crippen MR) is 79.6 cm³/mol. The molecule has 0 radical (unpaired) electrons. The van der Waals surface area contributed by atoms with Crippen LogP contribution in [-0.4, -0.2) is 21.0 Å². The maximum Gasteiger partial charge on any atom is 0.240 e. The highest BCUT2D eigenvalue weighted by Gasteiger charge is 2.14. The second kappa shape index (κ2) is 7.45. The third kappa shape index (κ3) is 5.24. The standard InChI is InChI=1S/C11H17BrN2O2S.ClH/c1-8-7-10(3-4-11(8)12)17(15,16)14-6-5-9(2)13;/h3-4,7,9,14H,5-6,13H2,1-2H3;1H. The van der Waals surface area contributed by atoms with Gasteiger partial charge >= 0.3 is 0 Å². The smallest absolute Gasteiger partial charge is 0.240 e. The molecule has 0 saturated heterocycles. The van der Waals surface area contributed by atoms with Gasteiger partial charge in [0.15, 0.2) is 0 Å². The number of halogens is 2. The molecule has 1 aromatic carbocycles. The Bertz CT molecular complexity index is 492. The third-order valence-corrected chi connectivity index (χ3v) is 4.68. The van der Waals surface area contributed by atoms with Crippen molar-refractivity contribution >= 4 is 38.4 Å². The lowest BCUT2D eigenvalue weighted by Gasteiger charge is -2.09. The second-order valence-electron chi connectivity index (χ2n) is 4.07. The van der Waals surface area contributed by atoms with Crippen molar-refractivity contribution < 1.29 is 8.42 Å². The van der Waals surface area contributed by atoms with E-state index in [2.05, 4.69) is 20.7 Å². The average molecular weight is 358 g/mol. The topological polar surface area (TPSA) is 72.2 Å². The Balaban J connectivity index is 0.00000289. The summed E-state index contributed by atoms with van der Waals surface area (Å²) < 4.78 is 27.2. The van der Waals surface area contributed by atoms with Gasteiger partial charge < -0.3 is 5.73 Å². The first-order valence-corrected chi connectivity index (χ1v) is 7.62. The molecule has 7 heteroatoms. The van der Waals surface area contributed by atoms with Crippen LogP contribution in [-0.2, 0) is 10.0 Å². The second-order valence-corrected chi connectivity index (χ2v) is 6.70. The van der Waals surface area contributed by atoms with E-state index in [4.69, 9.17) is 5.73 Å². The van der Waals surface area contributed by atoms with Gasteiger partial charge in [-0.1, -0.05) is 15.9 Å². The van der Waals surface area contributed by atoms with Crippen molar-refractivity contribution in [2.75, 3.05) is 6.54 Å². The molecule has 0 fully saturated rings. The van der Waals surface area contributed by atoms with Crippen molar-refractivity contribution in [2.24, 2.45) is 5.73 Å². The Morgan fingerprint density at radius 1 is 1.44 bits per heavy atom. The fourth-order valence-corrected chi connectivity index (χ4v) is 2.67. The summed E-state index contributed by atoms with van der Waals surface area (Å²) in [6.45, 7) is 4.05. The van der Waals surface area contributed by atoms with Crippen LogP contribution >= 0.6 is 28.3 Å². The van der Waals surface area contributed by atoms with Gasteiger partial charge in [-0.3, -0.25) is 0 Å². The van der Waals surface area contributed by atoms with Crippen molar-refractivity contribution in [3.8, 4) is 0 Å². The molecule has 0 aromatic heterocycles. The molecule has 1 atom stereocenters. The van der Waals surface area contributed by atoms with E-state index in [-0.39, 0.29) is 23.3 Å². The largest absolute Gasteiger partial charge is 0.328 e. The van der Waals surface area contributed by atoms with E-state index in [1.165, 1.54) is 0 Å². The minimum Gasteiger partial charge on any atom is -0.328 e. The minimum atomic E-state index is -3.42. The molecule has 104 valence electrons. The average Bonchev–Trinajstić information content (AvgIpc) is 2.21. The number of nitrogens with two attached hydrogens (primary N) is 1. The predicted octanol–water partition coefficient (Wildman–Crippen LogP) is 2.19. The zero-order valence-electron chi connectivity index (χ0n) is 10.3. The monoisotopic (exact) mass is 356 g/mol. The summed E-state index contributed by atoms with van der Waals surface area (Å²) in [6.07, 6.45) is 0.620. The van der Waals surface area contributed by atoms with Crippen molar-refractivity contribution in [1.29, 1.82) is 0 Å². The minimum absolute atomic E-state index is 0. The molecule has 1 rings (SSSR count). The van der Waals surface area contributed by atoms with Gasteiger partial charge in [0.25, 0.3) is 0 Å². The summed E-state index contributed by atoms with van der Waals surface area (Å²) in [5.74, 6) is 0. The lowest BCUT2D eigenvalue weighted by molar-refractivity contribution is 0.571. The molecule has 0 aliphatic carbocycles. The van der Waals surface area contributed by atoms with Crippen LogP contribution in [0.2, 0.25) is 0 Å². The number of benzene rings is 1. The number of rotatable bonds is 5. The van der Waals surface area contributed by atoms with Gasteiger partial charge in [-0.2, -0.15) is 0 Å². The highest BCUT2D eigenvalue weighted by Crippen LogP contribution is 2.19. The van der Waals surface area contributed by atoms with Crippen molar-refractivity contribution in [3.63, 3.8) is 0 Å².